The Balaban J connectivity index is 1.96. The van der Waals surface area contributed by atoms with Crippen LogP contribution in [0, 0.1) is 0 Å². The summed E-state index contributed by atoms with van der Waals surface area (Å²) in [7, 11) is 3.71. The maximum absolute atomic E-state index is 12.4. The zero-order valence-electron chi connectivity index (χ0n) is 16.3. The number of hydrogen-bond acceptors (Lipinski definition) is 4. The molecule has 0 fully saturated rings. The van der Waals surface area contributed by atoms with Gasteiger partial charge in [0.2, 0.25) is 0 Å². The first-order chi connectivity index (χ1) is 13.0. The number of nitrogens with zero attached hydrogens (tertiary/aromatic N) is 3. The van der Waals surface area contributed by atoms with Gasteiger partial charge in [-0.25, -0.2) is 14.5 Å². The predicted molar refractivity (Wildman–Crippen MR) is 109 cm³/mol. The van der Waals surface area contributed by atoms with E-state index >= 15 is 0 Å². The third-order valence-electron chi connectivity index (χ3n) is 4.66. The van der Waals surface area contributed by atoms with Crippen molar-refractivity contribution in [3.63, 3.8) is 0 Å². The van der Waals surface area contributed by atoms with Crippen LogP contribution < -0.4 is 10.6 Å². The third kappa shape index (κ3) is 4.11. The molecular formula is C21H26N4O2. The van der Waals surface area contributed by atoms with Crippen molar-refractivity contribution in [2.45, 2.75) is 19.8 Å². The van der Waals surface area contributed by atoms with Crippen LogP contribution in [0.25, 0.3) is 17.1 Å². The van der Waals surface area contributed by atoms with Gasteiger partial charge in [0, 0.05) is 32.0 Å². The number of methoxy groups -OCH3 is 1. The fourth-order valence-corrected chi connectivity index (χ4v) is 2.98. The monoisotopic (exact) mass is 366 g/mol. The molecule has 0 aliphatic rings. The summed E-state index contributed by atoms with van der Waals surface area (Å²) in [6, 6.07) is 16.0. The van der Waals surface area contributed by atoms with Gasteiger partial charge >= 0.3 is 5.69 Å². The largest absolute Gasteiger partial charge is 0.383 e. The van der Waals surface area contributed by atoms with E-state index in [-0.39, 0.29) is 5.69 Å². The Morgan fingerprint density at radius 3 is 2.59 bits per heavy atom. The number of rotatable bonds is 7. The smallest absolute Gasteiger partial charge is 0.348 e. The minimum atomic E-state index is -0.250. The quantitative estimate of drug-likeness (QED) is 0.696. The second-order valence-electron chi connectivity index (χ2n) is 6.90. The summed E-state index contributed by atoms with van der Waals surface area (Å²) in [4.78, 5) is 14.5. The second kappa shape index (κ2) is 8.22. The van der Waals surface area contributed by atoms with E-state index in [0.29, 0.717) is 18.3 Å². The molecule has 142 valence electrons. The van der Waals surface area contributed by atoms with Crippen LogP contribution in [0.5, 0.6) is 0 Å². The van der Waals surface area contributed by atoms with E-state index in [4.69, 9.17) is 4.74 Å². The van der Waals surface area contributed by atoms with Crippen LogP contribution in [0.15, 0.2) is 53.3 Å². The molecule has 3 aromatic rings. The van der Waals surface area contributed by atoms with Gasteiger partial charge in [-0.05, 0) is 41.8 Å². The number of nitrogens with one attached hydrogen (secondary N) is 1. The molecule has 1 N–H and O–H groups in total. The van der Waals surface area contributed by atoms with Crippen molar-refractivity contribution < 1.29 is 4.74 Å². The highest BCUT2D eigenvalue weighted by atomic mass is 16.5. The summed E-state index contributed by atoms with van der Waals surface area (Å²) >= 11 is 0. The Morgan fingerprint density at radius 1 is 1.19 bits per heavy atom. The molecule has 0 aliphatic heterocycles. The van der Waals surface area contributed by atoms with Crippen molar-refractivity contribution in [3.8, 4) is 17.1 Å². The average Bonchev–Trinajstić information content (AvgIpc) is 3.07. The number of benzene rings is 2. The first-order valence-electron chi connectivity index (χ1n) is 9.09. The molecule has 1 aromatic heterocycles. The summed E-state index contributed by atoms with van der Waals surface area (Å²) in [6.45, 7) is 5.76. The lowest BCUT2D eigenvalue weighted by atomic mass is 10.0. The summed E-state index contributed by atoms with van der Waals surface area (Å²) in [6.07, 6.45) is 0. The zero-order chi connectivity index (χ0) is 19.4. The lowest BCUT2D eigenvalue weighted by Gasteiger charge is -2.19. The van der Waals surface area contributed by atoms with Crippen LogP contribution in [0.1, 0.15) is 25.3 Å². The Kier molecular flexibility index (Phi) is 5.76. The molecule has 0 unspecified atom stereocenters. The van der Waals surface area contributed by atoms with E-state index in [0.717, 1.165) is 23.5 Å². The number of H-pyrrole nitrogens is 1. The summed E-state index contributed by atoms with van der Waals surface area (Å²) in [5.74, 6) is 1.02. The topological polar surface area (TPSA) is 63.1 Å². The molecule has 3 rings (SSSR count). The van der Waals surface area contributed by atoms with Crippen molar-refractivity contribution in [2.24, 2.45) is 0 Å². The molecule has 0 atom stereocenters. The molecular weight excluding hydrogens is 340 g/mol. The highest BCUT2D eigenvalue weighted by molar-refractivity contribution is 5.60. The molecule has 6 heteroatoms. The average molecular weight is 366 g/mol. The lowest BCUT2D eigenvalue weighted by molar-refractivity contribution is 0.206. The fourth-order valence-electron chi connectivity index (χ4n) is 2.98. The molecule has 0 saturated carbocycles. The van der Waals surface area contributed by atoms with Gasteiger partial charge in [0.25, 0.3) is 0 Å². The first-order valence-corrected chi connectivity index (χ1v) is 9.09. The maximum Gasteiger partial charge on any atom is 0.348 e. The Hall–Kier alpha value is -2.86. The summed E-state index contributed by atoms with van der Waals surface area (Å²) in [5, 5.41) is 6.84. The number of aromatic nitrogens is 3. The van der Waals surface area contributed by atoms with Gasteiger partial charge < -0.3 is 9.64 Å². The maximum atomic E-state index is 12.4. The van der Waals surface area contributed by atoms with Crippen LogP contribution in [-0.4, -0.2) is 42.1 Å². The molecule has 0 amide bonds. The molecule has 2 aromatic carbocycles. The highest BCUT2D eigenvalue weighted by Crippen LogP contribution is 2.24. The van der Waals surface area contributed by atoms with Crippen molar-refractivity contribution in [1.29, 1.82) is 0 Å². The molecule has 1 heterocycles. The second-order valence-corrected chi connectivity index (χ2v) is 6.90. The van der Waals surface area contributed by atoms with Gasteiger partial charge in [0.1, 0.15) is 0 Å². The first kappa shape index (κ1) is 18.9. The van der Waals surface area contributed by atoms with Crippen LogP contribution >= 0.6 is 0 Å². The van der Waals surface area contributed by atoms with Crippen LogP contribution in [0.3, 0.4) is 0 Å². The van der Waals surface area contributed by atoms with E-state index in [9.17, 15) is 4.79 Å². The SMILES string of the molecule is COCCN(C)c1ccc(-n2c(-c3cccc(C(C)C)c3)n[nH]c2=O)cc1. The van der Waals surface area contributed by atoms with Gasteiger partial charge in [0.05, 0.1) is 12.3 Å². The molecule has 0 radical (unpaired) electrons. The normalized spacial score (nSPS) is 11.1. The summed E-state index contributed by atoms with van der Waals surface area (Å²) < 4.78 is 6.73. The predicted octanol–water partition coefficient (Wildman–Crippen LogP) is 3.43. The van der Waals surface area contributed by atoms with Crippen LogP contribution in [0.4, 0.5) is 5.69 Å². The van der Waals surface area contributed by atoms with Gasteiger partial charge in [-0.1, -0.05) is 32.0 Å². The highest BCUT2D eigenvalue weighted by Gasteiger charge is 2.14. The van der Waals surface area contributed by atoms with Gasteiger partial charge in [-0.3, -0.25) is 0 Å². The molecule has 0 saturated heterocycles. The van der Waals surface area contributed by atoms with Gasteiger partial charge in [0.15, 0.2) is 5.82 Å². The van der Waals surface area contributed by atoms with Crippen LogP contribution in [0.2, 0.25) is 0 Å². The van der Waals surface area contributed by atoms with Crippen molar-refractivity contribution in [2.75, 3.05) is 32.2 Å². The molecule has 0 spiro atoms. The summed E-state index contributed by atoms with van der Waals surface area (Å²) in [5.41, 5.74) is 3.73. The van der Waals surface area contributed by atoms with E-state index in [2.05, 4.69) is 41.1 Å². The van der Waals surface area contributed by atoms with Crippen molar-refractivity contribution >= 4 is 5.69 Å². The van der Waals surface area contributed by atoms with E-state index < -0.39 is 0 Å². The molecule has 27 heavy (non-hydrogen) atoms. The van der Waals surface area contributed by atoms with E-state index in [1.54, 1.807) is 11.7 Å². The van der Waals surface area contributed by atoms with Gasteiger partial charge in [-0.2, -0.15) is 5.10 Å². The lowest BCUT2D eigenvalue weighted by Crippen LogP contribution is -2.22. The van der Waals surface area contributed by atoms with E-state index in [1.165, 1.54) is 5.56 Å². The minimum absolute atomic E-state index is 0.250. The number of likely N-dealkylation sites (N-methyl/N-ethyl adjacent to an activating group) is 1. The Bertz CT molecular complexity index is 941. The third-order valence-corrected chi connectivity index (χ3v) is 4.66. The van der Waals surface area contributed by atoms with Crippen molar-refractivity contribution in [3.05, 3.63) is 64.6 Å². The minimum Gasteiger partial charge on any atom is -0.383 e. The number of aromatic amines is 1. The number of anilines is 1. The number of hydrogen-bond donors (Lipinski definition) is 1. The Morgan fingerprint density at radius 2 is 1.93 bits per heavy atom. The standard InChI is InChI=1S/C21H26N4O2/c1-15(2)16-6-5-7-17(14-16)20-22-23-21(26)25(20)19-10-8-18(9-11-19)24(3)12-13-27-4/h5-11,14-15H,12-13H2,1-4H3,(H,23,26). The van der Waals surface area contributed by atoms with Crippen LogP contribution in [-0.2, 0) is 4.74 Å². The fraction of sp³-hybridized carbons (Fsp3) is 0.333. The molecule has 6 nitrogen and oxygen atoms in total. The Labute approximate surface area is 159 Å². The molecule has 0 bridgehead atoms. The molecule has 0 aliphatic carbocycles. The number of ether oxygens (including phenoxy) is 1. The van der Waals surface area contributed by atoms with Gasteiger partial charge in [-0.15, -0.1) is 0 Å². The van der Waals surface area contributed by atoms with Crippen molar-refractivity contribution in [1.82, 2.24) is 14.8 Å². The zero-order valence-corrected chi connectivity index (χ0v) is 16.3. The van der Waals surface area contributed by atoms with E-state index in [1.807, 2.05) is 43.4 Å².